The maximum absolute atomic E-state index is 13.1. The fourth-order valence-corrected chi connectivity index (χ4v) is 3.68. The zero-order valence-corrected chi connectivity index (χ0v) is 16.1. The predicted octanol–water partition coefficient (Wildman–Crippen LogP) is 5.91. The third-order valence-electron chi connectivity index (χ3n) is 4.92. The van der Waals surface area contributed by atoms with Crippen LogP contribution in [0.25, 0.3) is 0 Å². The summed E-state index contributed by atoms with van der Waals surface area (Å²) >= 11 is 6.06. The van der Waals surface area contributed by atoms with Crippen LogP contribution in [0, 0.1) is 0 Å². The first-order valence-electron chi connectivity index (χ1n) is 9.33. The van der Waals surface area contributed by atoms with Crippen LogP contribution in [0.3, 0.4) is 0 Å². The Labute approximate surface area is 167 Å². The SMILES string of the molecule is O=C(Nc1cc(C(F)(F)F)ccc1Cl)[C@H](c1ccccc1)N1CCCCCC1. The fourth-order valence-electron chi connectivity index (χ4n) is 3.52. The molecule has 0 bridgehead atoms. The number of nitrogens with zero attached hydrogens (tertiary/aromatic N) is 1. The second kappa shape index (κ2) is 8.97. The van der Waals surface area contributed by atoms with Gasteiger partial charge in [0.2, 0.25) is 5.91 Å². The third-order valence-corrected chi connectivity index (χ3v) is 5.25. The Morgan fingerprint density at radius 2 is 1.64 bits per heavy atom. The number of alkyl halides is 3. The van der Waals surface area contributed by atoms with Crippen molar-refractivity contribution < 1.29 is 18.0 Å². The summed E-state index contributed by atoms with van der Waals surface area (Å²) in [6.07, 6.45) is -0.312. The van der Waals surface area contributed by atoms with Crippen molar-refractivity contribution in [2.24, 2.45) is 0 Å². The van der Waals surface area contributed by atoms with Crippen LogP contribution < -0.4 is 5.32 Å². The molecule has 150 valence electrons. The van der Waals surface area contributed by atoms with Crippen LogP contribution in [0.15, 0.2) is 48.5 Å². The van der Waals surface area contributed by atoms with Crippen molar-refractivity contribution >= 4 is 23.2 Å². The summed E-state index contributed by atoms with van der Waals surface area (Å²) in [5, 5.41) is 2.70. The lowest BCUT2D eigenvalue weighted by Gasteiger charge is -2.30. The topological polar surface area (TPSA) is 32.3 Å². The Kier molecular flexibility index (Phi) is 6.62. The minimum absolute atomic E-state index is 0.0303. The minimum Gasteiger partial charge on any atom is -0.323 e. The second-order valence-electron chi connectivity index (χ2n) is 6.95. The summed E-state index contributed by atoms with van der Waals surface area (Å²) in [6.45, 7) is 1.53. The first kappa shape index (κ1) is 20.7. The molecular formula is C21H22ClF3N2O. The molecule has 1 aliphatic rings. The van der Waals surface area contributed by atoms with Gasteiger partial charge in [-0.05, 0) is 49.7 Å². The average molecular weight is 411 g/mol. The lowest BCUT2D eigenvalue weighted by molar-refractivity contribution is -0.137. The average Bonchev–Trinajstić information content (AvgIpc) is 2.93. The maximum Gasteiger partial charge on any atom is 0.416 e. The molecule has 7 heteroatoms. The molecule has 1 N–H and O–H groups in total. The van der Waals surface area contributed by atoms with E-state index in [1.54, 1.807) is 0 Å². The van der Waals surface area contributed by atoms with Gasteiger partial charge in [0, 0.05) is 0 Å². The molecular weight excluding hydrogens is 389 g/mol. The van der Waals surface area contributed by atoms with E-state index in [0.29, 0.717) is 0 Å². The maximum atomic E-state index is 13.1. The number of hydrogen-bond donors (Lipinski definition) is 1. The molecule has 1 atom stereocenters. The summed E-state index contributed by atoms with van der Waals surface area (Å²) < 4.78 is 39.1. The van der Waals surface area contributed by atoms with E-state index in [4.69, 9.17) is 11.6 Å². The van der Waals surface area contributed by atoms with Crippen molar-refractivity contribution in [3.8, 4) is 0 Å². The van der Waals surface area contributed by atoms with Gasteiger partial charge in [-0.3, -0.25) is 9.69 Å². The van der Waals surface area contributed by atoms with Gasteiger partial charge in [0.15, 0.2) is 0 Å². The molecule has 3 rings (SSSR count). The Bertz CT molecular complexity index is 803. The quantitative estimate of drug-likeness (QED) is 0.679. The van der Waals surface area contributed by atoms with Gasteiger partial charge < -0.3 is 5.32 Å². The van der Waals surface area contributed by atoms with E-state index in [-0.39, 0.29) is 16.6 Å². The molecule has 0 aliphatic carbocycles. The summed E-state index contributed by atoms with van der Waals surface area (Å²) in [5.41, 5.74) is -0.0690. The number of halogens is 4. The van der Waals surface area contributed by atoms with Gasteiger partial charge in [0.25, 0.3) is 0 Å². The number of likely N-dealkylation sites (tertiary alicyclic amines) is 1. The van der Waals surface area contributed by atoms with Crippen molar-refractivity contribution in [1.82, 2.24) is 4.90 Å². The van der Waals surface area contributed by atoms with E-state index in [1.807, 2.05) is 30.3 Å². The van der Waals surface area contributed by atoms with Gasteiger partial charge in [0.1, 0.15) is 6.04 Å². The zero-order valence-electron chi connectivity index (χ0n) is 15.3. The lowest BCUT2D eigenvalue weighted by atomic mass is 10.0. The van der Waals surface area contributed by atoms with Gasteiger partial charge in [-0.2, -0.15) is 13.2 Å². The molecule has 0 aromatic heterocycles. The van der Waals surface area contributed by atoms with Crippen molar-refractivity contribution in [3.63, 3.8) is 0 Å². The Morgan fingerprint density at radius 3 is 2.25 bits per heavy atom. The molecule has 0 unspecified atom stereocenters. The minimum atomic E-state index is -4.51. The number of anilines is 1. The molecule has 2 aromatic rings. The van der Waals surface area contributed by atoms with Gasteiger partial charge in [0.05, 0.1) is 16.3 Å². The van der Waals surface area contributed by atoms with E-state index in [0.717, 1.165) is 62.5 Å². The smallest absolute Gasteiger partial charge is 0.323 e. The summed E-state index contributed by atoms with van der Waals surface area (Å²) in [5.74, 6) is -0.380. The normalized spacial score (nSPS) is 17.0. The van der Waals surface area contributed by atoms with Gasteiger partial charge >= 0.3 is 6.18 Å². The van der Waals surface area contributed by atoms with Gasteiger partial charge in [-0.1, -0.05) is 54.8 Å². The number of carbonyl (C=O) groups excluding carboxylic acids is 1. The van der Waals surface area contributed by atoms with E-state index < -0.39 is 17.8 Å². The molecule has 1 aliphatic heterocycles. The van der Waals surface area contributed by atoms with Gasteiger partial charge in [-0.15, -0.1) is 0 Å². The molecule has 0 spiro atoms. The van der Waals surface area contributed by atoms with E-state index in [2.05, 4.69) is 10.2 Å². The number of carbonyl (C=O) groups is 1. The first-order chi connectivity index (χ1) is 13.4. The number of amides is 1. The van der Waals surface area contributed by atoms with Crippen LogP contribution in [0.5, 0.6) is 0 Å². The molecule has 2 aromatic carbocycles. The Morgan fingerprint density at radius 1 is 1.00 bits per heavy atom. The van der Waals surface area contributed by atoms with E-state index in [1.165, 1.54) is 0 Å². The van der Waals surface area contributed by atoms with Crippen molar-refractivity contribution in [1.29, 1.82) is 0 Å². The predicted molar refractivity (Wildman–Crippen MR) is 104 cm³/mol. The molecule has 0 radical (unpaired) electrons. The molecule has 28 heavy (non-hydrogen) atoms. The monoisotopic (exact) mass is 410 g/mol. The summed E-state index contributed by atoms with van der Waals surface area (Å²) in [6, 6.07) is 11.7. The highest BCUT2D eigenvalue weighted by Crippen LogP contribution is 2.34. The Hall–Kier alpha value is -2.05. The van der Waals surface area contributed by atoms with Crippen LogP contribution >= 0.6 is 11.6 Å². The lowest BCUT2D eigenvalue weighted by Crippen LogP contribution is -2.38. The van der Waals surface area contributed by atoms with Crippen LogP contribution in [0.1, 0.15) is 42.9 Å². The molecule has 0 saturated carbocycles. The number of rotatable bonds is 4. The fraction of sp³-hybridized carbons (Fsp3) is 0.381. The van der Waals surface area contributed by atoms with Crippen LogP contribution in [-0.2, 0) is 11.0 Å². The van der Waals surface area contributed by atoms with Crippen LogP contribution in [-0.4, -0.2) is 23.9 Å². The number of hydrogen-bond acceptors (Lipinski definition) is 2. The first-order valence-corrected chi connectivity index (χ1v) is 9.70. The molecule has 3 nitrogen and oxygen atoms in total. The number of benzene rings is 2. The van der Waals surface area contributed by atoms with E-state index >= 15 is 0 Å². The van der Waals surface area contributed by atoms with Crippen molar-refractivity contribution in [2.75, 3.05) is 18.4 Å². The van der Waals surface area contributed by atoms with Crippen LogP contribution in [0.4, 0.5) is 18.9 Å². The zero-order chi connectivity index (χ0) is 20.1. The highest BCUT2D eigenvalue weighted by atomic mass is 35.5. The summed E-state index contributed by atoms with van der Waals surface area (Å²) in [7, 11) is 0. The summed E-state index contributed by atoms with van der Waals surface area (Å²) in [4.78, 5) is 15.2. The molecule has 1 fully saturated rings. The molecule has 1 saturated heterocycles. The van der Waals surface area contributed by atoms with Crippen molar-refractivity contribution in [3.05, 3.63) is 64.7 Å². The van der Waals surface area contributed by atoms with E-state index in [9.17, 15) is 18.0 Å². The highest BCUT2D eigenvalue weighted by molar-refractivity contribution is 6.33. The molecule has 1 amide bonds. The third kappa shape index (κ3) is 5.06. The highest BCUT2D eigenvalue weighted by Gasteiger charge is 2.32. The second-order valence-corrected chi connectivity index (χ2v) is 7.35. The molecule has 1 heterocycles. The number of nitrogens with one attached hydrogen (secondary N) is 1. The standard InChI is InChI=1S/C21H22ClF3N2O/c22-17-11-10-16(21(23,24)25)14-18(17)26-20(28)19(15-8-4-3-5-9-15)27-12-6-1-2-7-13-27/h3-5,8-11,14,19H,1-2,6-7,12-13H2,(H,26,28)/t19-/m0/s1. The largest absolute Gasteiger partial charge is 0.416 e. The van der Waals surface area contributed by atoms with Crippen LogP contribution in [0.2, 0.25) is 5.02 Å². The Balaban J connectivity index is 1.90. The van der Waals surface area contributed by atoms with Gasteiger partial charge in [-0.25, -0.2) is 0 Å². The van der Waals surface area contributed by atoms with Crippen molar-refractivity contribution in [2.45, 2.75) is 37.9 Å².